The Balaban J connectivity index is 2.25. The van der Waals surface area contributed by atoms with E-state index in [2.05, 4.69) is 5.32 Å². The lowest BCUT2D eigenvalue weighted by atomic mass is 10.0. The van der Waals surface area contributed by atoms with Crippen molar-refractivity contribution in [3.63, 3.8) is 0 Å². The van der Waals surface area contributed by atoms with Crippen molar-refractivity contribution >= 4 is 24.1 Å². The lowest BCUT2D eigenvalue weighted by Gasteiger charge is -2.22. The Morgan fingerprint density at radius 2 is 2.13 bits per heavy atom. The number of carboxylic acid groups (broad SMARTS) is 1. The zero-order chi connectivity index (χ0) is 11.1. The Hall–Kier alpha value is -0.710. The van der Waals surface area contributed by atoms with Gasteiger partial charge in [0.25, 0.3) is 0 Å². The Labute approximate surface area is 93.8 Å². The molecule has 1 aliphatic carbocycles. The van der Waals surface area contributed by atoms with E-state index >= 15 is 0 Å². The van der Waals surface area contributed by atoms with E-state index in [0.29, 0.717) is 17.4 Å². The number of carboxylic acids is 1. The highest BCUT2D eigenvalue weighted by atomic mass is 32.2. The Morgan fingerprint density at radius 3 is 2.67 bits per heavy atom. The van der Waals surface area contributed by atoms with Crippen molar-refractivity contribution in [3.8, 4) is 0 Å². The van der Waals surface area contributed by atoms with E-state index in [1.807, 2.05) is 0 Å². The Kier molecular flexibility index (Phi) is 5.53. The smallest absolute Gasteiger partial charge is 0.327 e. The van der Waals surface area contributed by atoms with Gasteiger partial charge in [-0.05, 0) is 12.8 Å². The summed E-state index contributed by atoms with van der Waals surface area (Å²) < 4.78 is 0. The first kappa shape index (κ1) is 12.4. The predicted molar refractivity (Wildman–Crippen MR) is 60.0 cm³/mol. The topological polar surface area (TPSA) is 66.4 Å². The zero-order valence-corrected chi connectivity index (χ0v) is 9.46. The molecule has 15 heavy (non-hydrogen) atoms. The van der Waals surface area contributed by atoms with E-state index < -0.39 is 12.0 Å². The summed E-state index contributed by atoms with van der Waals surface area (Å²) in [5.74, 6) is -0.482. The number of rotatable bonds is 6. The molecule has 0 radical (unpaired) electrons. The molecule has 0 saturated heterocycles. The minimum Gasteiger partial charge on any atom is -0.480 e. The lowest BCUT2D eigenvalue weighted by Crippen LogP contribution is -2.38. The van der Waals surface area contributed by atoms with Crippen molar-refractivity contribution in [1.29, 1.82) is 0 Å². The maximum atomic E-state index is 10.7. The molecule has 4 nitrogen and oxygen atoms in total. The van der Waals surface area contributed by atoms with Crippen LogP contribution in [0.15, 0.2) is 0 Å². The maximum Gasteiger partial charge on any atom is 0.327 e. The Morgan fingerprint density at radius 1 is 1.47 bits per heavy atom. The van der Waals surface area contributed by atoms with Crippen LogP contribution in [0.3, 0.4) is 0 Å². The SMILES string of the molecule is O=CNC(CSC1CCCCC1)C(=O)O. The van der Waals surface area contributed by atoms with E-state index in [1.165, 1.54) is 32.1 Å². The molecular weight excluding hydrogens is 214 g/mol. The van der Waals surface area contributed by atoms with Crippen LogP contribution in [0.25, 0.3) is 0 Å². The first-order valence-electron chi connectivity index (χ1n) is 5.28. The molecule has 1 saturated carbocycles. The highest BCUT2D eigenvalue weighted by Crippen LogP contribution is 2.28. The highest BCUT2D eigenvalue weighted by Gasteiger charge is 2.20. The van der Waals surface area contributed by atoms with Crippen LogP contribution in [0.5, 0.6) is 0 Å². The second-order valence-corrected chi connectivity index (χ2v) is 5.10. The molecule has 0 heterocycles. The average molecular weight is 231 g/mol. The summed E-state index contributed by atoms with van der Waals surface area (Å²) in [6.45, 7) is 0. The number of hydrogen-bond acceptors (Lipinski definition) is 3. The van der Waals surface area contributed by atoms with Gasteiger partial charge in [0.1, 0.15) is 6.04 Å². The number of hydrogen-bond donors (Lipinski definition) is 2. The highest BCUT2D eigenvalue weighted by molar-refractivity contribution is 7.99. The second kappa shape index (κ2) is 6.71. The average Bonchev–Trinajstić information content (AvgIpc) is 2.25. The molecule has 86 valence electrons. The monoisotopic (exact) mass is 231 g/mol. The molecular formula is C10H17NO3S. The zero-order valence-electron chi connectivity index (χ0n) is 8.65. The van der Waals surface area contributed by atoms with E-state index in [9.17, 15) is 9.59 Å². The molecule has 1 amide bonds. The van der Waals surface area contributed by atoms with Crippen LogP contribution in [-0.4, -0.2) is 34.5 Å². The van der Waals surface area contributed by atoms with Gasteiger partial charge in [-0.25, -0.2) is 4.79 Å². The summed E-state index contributed by atoms with van der Waals surface area (Å²) in [6, 6.07) is -0.741. The molecule has 0 spiro atoms. The number of amides is 1. The van der Waals surface area contributed by atoms with Crippen molar-refractivity contribution in [3.05, 3.63) is 0 Å². The van der Waals surface area contributed by atoms with Gasteiger partial charge in [-0.1, -0.05) is 19.3 Å². The summed E-state index contributed by atoms with van der Waals surface area (Å²) in [6.07, 6.45) is 6.61. The summed E-state index contributed by atoms with van der Waals surface area (Å²) in [4.78, 5) is 20.9. The molecule has 0 bridgehead atoms. The quantitative estimate of drug-likeness (QED) is 0.675. The van der Waals surface area contributed by atoms with E-state index in [4.69, 9.17) is 5.11 Å². The number of carbonyl (C=O) groups is 2. The van der Waals surface area contributed by atoms with E-state index in [-0.39, 0.29) is 0 Å². The molecule has 0 aromatic heterocycles. The van der Waals surface area contributed by atoms with E-state index in [0.717, 1.165) is 0 Å². The van der Waals surface area contributed by atoms with Crippen LogP contribution in [0, 0.1) is 0 Å². The fraction of sp³-hybridized carbons (Fsp3) is 0.800. The standard InChI is InChI=1S/C10H17NO3S/c12-7-11-9(10(13)14)6-15-8-4-2-1-3-5-8/h7-9H,1-6H2,(H,11,12)(H,13,14). The fourth-order valence-electron chi connectivity index (χ4n) is 1.74. The summed E-state index contributed by atoms with van der Waals surface area (Å²) in [5.41, 5.74) is 0. The van der Waals surface area contributed by atoms with Gasteiger partial charge in [0.05, 0.1) is 0 Å². The Bertz CT molecular complexity index is 217. The first-order chi connectivity index (χ1) is 7.24. The van der Waals surface area contributed by atoms with Crippen molar-refractivity contribution in [2.75, 3.05) is 5.75 Å². The summed E-state index contributed by atoms with van der Waals surface area (Å²) in [7, 11) is 0. The van der Waals surface area contributed by atoms with Gasteiger partial charge < -0.3 is 10.4 Å². The van der Waals surface area contributed by atoms with Crippen LogP contribution in [0.1, 0.15) is 32.1 Å². The van der Waals surface area contributed by atoms with Crippen molar-refractivity contribution in [2.24, 2.45) is 0 Å². The third-order valence-electron chi connectivity index (χ3n) is 2.62. The van der Waals surface area contributed by atoms with Gasteiger partial charge in [0, 0.05) is 11.0 Å². The largest absolute Gasteiger partial charge is 0.480 e. The number of aliphatic carboxylic acids is 1. The van der Waals surface area contributed by atoms with Gasteiger partial charge in [-0.3, -0.25) is 4.79 Å². The molecule has 0 aromatic carbocycles. The number of carbonyl (C=O) groups excluding carboxylic acids is 1. The lowest BCUT2D eigenvalue weighted by molar-refractivity contribution is -0.139. The molecule has 1 fully saturated rings. The normalized spacial score (nSPS) is 19.5. The minimum atomic E-state index is -0.953. The summed E-state index contributed by atoms with van der Waals surface area (Å²) in [5, 5.41) is 11.7. The maximum absolute atomic E-state index is 10.7. The van der Waals surface area contributed by atoms with Crippen LogP contribution in [0.2, 0.25) is 0 Å². The van der Waals surface area contributed by atoms with Gasteiger partial charge in [0.15, 0.2) is 0 Å². The first-order valence-corrected chi connectivity index (χ1v) is 6.33. The van der Waals surface area contributed by atoms with Gasteiger partial charge in [0.2, 0.25) is 6.41 Å². The van der Waals surface area contributed by atoms with Gasteiger partial charge >= 0.3 is 5.97 Å². The minimum absolute atomic E-state index is 0.459. The van der Waals surface area contributed by atoms with Crippen molar-refractivity contribution in [2.45, 2.75) is 43.4 Å². The molecule has 5 heteroatoms. The van der Waals surface area contributed by atoms with Crippen molar-refractivity contribution in [1.82, 2.24) is 5.32 Å². The predicted octanol–water partition coefficient (Wildman–Crippen LogP) is 1.25. The molecule has 1 rings (SSSR count). The molecule has 1 unspecified atom stereocenters. The van der Waals surface area contributed by atoms with Crippen LogP contribution < -0.4 is 5.32 Å². The molecule has 0 aliphatic heterocycles. The van der Waals surface area contributed by atoms with Crippen LogP contribution >= 0.6 is 11.8 Å². The molecule has 1 atom stereocenters. The molecule has 1 aliphatic rings. The van der Waals surface area contributed by atoms with Crippen LogP contribution in [0.4, 0.5) is 0 Å². The molecule has 2 N–H and O–H groups in total. The van der Waals surface area contributed by atoms with Gasteiger partial charge in [-0.2, -0.15) is 11.8 Å². The summed E-state index contributed by atoms with van der Waals surface area (Å²) >= 11 is 1.67. The number of nitrogens with one attached hydrogen (secondary N) is 1. The fourth-order valence-corrected chi connectivity index (χ4v) is 3.11. The number of thioether (sulfide) groups is 1. The van der Waals surface area contributed by atoms with Crippen molar-refractivity contribution < 1.29 is 14.7 Å². The third-order valence-corrected chi connectivity index (χ3v) is 4.09. The second-order valence-electron chi connectivity index (χ2n) is 3.77. The van der Waals surface area contributed by atoms with E-state index in [1.54, 1.807) is 11.8 Å². The molecule has 0 aromatic rings. The van der Waals surface area contributed by atoms with Crippen LogP contribution in [-0.2, 0) is 9.59 Å². The van der Waals surface area contributed by atoms with Gasteiger partial charge in [-0.15, -0.1) is 0 Å². The third kappa shape index (κ3) is 4.55.